The summed E-state index contributed by atoms with van der Waals surface area (Å²) < 4.78 is 4.93. The van der Waals surface area contributed by atoms with Crippen LogP contribution in [0.4, 0.5) is 0 Å². The van der Waals surface area contributed by atoms with Crippen molar-refractivity contribution in [1.82, 2.24) is 0 Å². The van der Waals surface area contributed by atoms with Crippen LogP contribution in [-0.4, -0.2) is 12.6 Å². The number of rotatable bonds is 5. The number of esters is 1. The zero-order chi connectivity index (χ0) is 13.5. The highest BCUT2D eigenvalue weighted by Crippen LogP contribution is 2.20. The summed E-state index contributed by atoms with van der Waals surface area (Å²) >= 11 is 3.40. The maximum Gasteiger partial charge on any atom is 0.310 e. The maximum atomic E-state index is 11.5. The number of benzene rings is 1. The Hall–Kier alpha value is -1.34. The van der Waals surface area contributed by atoms with Crippen LogP contribution < -0.4 is 0 Å². The van der Waals surface area contributed by atoms with E-state index in [0.29, 0.717) is 17.5 Å². The number of aryl methyl sites for hydroxylation is 1. The number of hydrogen-bond donors (Lipinski definition) is 0. The highest BCUT2D eigenvalue weighted by atomic mass is 79.9. The van der Waals surface area contributed by atoms with Gasteiger partial charge in [0.2, 0.25) is 0 Å². The fourth-order valence-electron chi connectivity index (χ4n) is 1.85. The van der Waals surface area contributed by atoms with Crippen LogP contribution in [0.2, 0.25) is 0 Å². The molecule has 96 valence electrons. The summed E-state index contributed by atoms with van der Waals surface area (Å²) in [7, 11) is 0. The molecule has 0 aliphatic rings. The number of ether oxygens (including phenoxy) is 1. The van der Waals surface area contributed by atoms with Crippen LogP contribution in [0, 0.1) is 11.3 Å². The number of carbonyl (C=O) groups is 1. The van der Waals surface area contributed by atoms with E-state index in [1.807, 2.05) is 19.1 Å². The third-order valence-electron chi connectivity index (χ3n) is 2.65. The van der Waals surface area contributed by atoms with Gasteiger partial charge in [0.15, 0.2) is 0 Å². The number of nitriles is 1. The second-order valence-electron chi connectivity index (χ2n) is 3.87. The first-order valence-electron chi connectivity index (χ1n) is 5.92. The van der Waals surface area contributed by atoms with Crippen molar-refractivity contribution < 1.29 is 9.53 Å². The lowest BCUT2D eigenvalue weighted by Gasteiger charge is -2.10. The fourth-order valence-corrected chi connectivity index (χ4v) is 2.17. The summed E-state index contributed by atoms with van der Waals surface area (Å²) in [6, 6.07) is 6.08. The van der Waals surface area contributed by atoms with Gasteiger partial charge in [-0.1, -0.05) is 35.0 Å². The zero-order valence-corrected chi connectivity index (χ0v) is 12.2. The predicted octanol–water partition coefficient (Wildman–Crippen LogP) is 3.12. The van der Waals surface area contributed by atoms with Crippen LogP contribution in [0.1, 0.15) is 36.1 Å². The second-order valence-corrected chi connectivity index (χ2v) is 4.43. The average molecular weight is 310 g/mol. The van der Waals surface area contributed by atoms with Crippen molar-refractivity contribution in [2.45, 2.75) is 32.0 Å². The molecular formula is C14H16BrNO2. The minimum atomic E-state index is -0.289. The van der Waals surface area contributed by atoms with E-state index in [2.05, 4.69) is 22.0 Å². The number of halogens is 1. The van der Waals surface area contributed by atoms with Gasteiger partial charge in [0.05, 0.1) is 24.7 Å². The summed E-state index contributed by atoms with van der Waals surface area (Å²) in [5, 5.41) is 9.93. The zero-order valence-electron chi connectivity index (χ0n) is 10.6. The molecule has 0 bridgehead atoms. The third-order valence-corrected chi connectivity index (χ3v) is 3.30. The first kappa shape index (κ1) is 14.7. The van der Waals surface area contributed by atoms with E-state index in [4.69, 9.17) is 4.74 Å². The smallest absolute Gasteiger partial charge is 0.310 e. The van der Waals surface area contributed by atoms with E-state index in [9.17, 15) is 10.1 Å². The molecule has 0 radical (unpaired) electrons. The quantitative estimate of drug-likeness (QED) is 0.620. The van der Waals surface area contributed by atoms with Crippen molar-refractivity contribution in [2.24, 2.45) is 0 Å². The monoisotopic (exact) mass is 309 g/mol. The summed E-state index contributed by atoms with van der Waals surface area (Å²) in [6.45, 7) is 4.14. The largest absolute Gasteiger partial charge is 0.466 e. The van der Waals surface area contributed by atoms with Crippen molar-refractivity contribution >= 4 is 21.9 Å². The first-order valence-corrected chi connectivity index (χ1v) is 7.04. The molecule has 1 aromatic carbocycles. The third kappa shape index (κ3) is 3.58. The van der Waals surface area contributed by atoms with E-state index >= 15 is 0 Å². The summed E-state index contributed by atoms with van der Waals surface area (Å²) in [6.07, 6.45) is 0.935. The van der Waals surface area contributed by atoms with Gasteiger partial charge in [-0.3, -0.25) is 4.79 Å². The molecule has 3 nitrogen and oxygen atoms in total. The molecule has 18 heavy (non-hydrogen) atoms. The minimum Gasteiger partial charge on any atom is -0.466 e. The van der Waals surface area contributed by atoms with Crippen molar-refractivity contribution in [2.75, 3.05) is 6.61 Å². The molecule has 0 amide bonds. The molecule has 0 atom stereocenters. The van der Waals surface area contributed by atoms with Crippen LogP contribution in [-0.2, 0) is 27.7 Å². The highest BCUT2D eigenvalue weighted by Gasteiger charge is 2.13. The van der Waals surface area contributed by atoms with Gasteiger partial charge in [-0.25, -0.2) is 0 Å². The van der Waals surface area contributed by atoms with E-state index in [1.54, 1.807) is 6.92 Å². The molecule has 0 heterocycles. The molecule has 0 saturated carbocycles. The van der Waals surface area contributed by atoms with Crippen molar-refractivity contribution in [3.63, 3.8) is 0 Å². The Morgan fingerprint density at radius 3 is 2.56 bits per heavy atom. The van der Waals surface area contributed by atoms with Crippen LogP contribution in [0.15, 0.2) is 12.1 Å². The van der Waals surface area contributed by atoms with Gasteiger partial charge in [0.25, 0.3) is 0 Å². The number of carbonyl (C=O) groups excluding carboxylic acids is 1. The maximum absolute atomic E-state index is 11.5. The van der Waals surface area contributed by atoms with Crippen LogP contribution >= 0.6 is 15.9 Å². The topological polar surface area (TPSA) is 50.1 Å². The fraction of sp³-hybridized carbons (Fsp3) is 0.429. The second kappa shape index (κ2) is 7.17. The molecule has 0 saturated heterocycles. The Bertz CT molecular complexity index is 477. The van der Waals surface area contributed by atoms with Crippen molar-refractivity contribution in [3.05, 3.63) is 34.4 Å². The number of hydrogen-bond acceptors (Lipinski definition) is 3. The SMILES string of the molecule is CCOC(=O)Cc1cc(CBr)cc(CC)c1C#N. The van der Waals surface area contributed by atoms with Gasteiger partial charge in [-0.2, -0.15) is 5.26 Å². The molecule has 0 aliphatic carbocycles. The molecular weight excluding hydrogens is 294 g/mol. The molecule has 0 fully saturated rings. The van der Waals surface area contributed by atoms with Crippen LogP contribution in [0.3, 0.4) is 0 Å². The Morgan fingerprint density at radius 2 is 2.06 bits per heavy atom. The van der Waals surface area contributed by atoms with Gasteiger partial charge in [0, 0.05) is 5.33 Å². The molecule has 0 unspecified atom stereocenters. The molecule has 0 aromatic heterocycles. The van der Waals surface area contributed by atoms with Crippen molar-refractivity contribution in [1.29, 1.82) is 5.26 Å². The van der Waals surface area contributed by atoms with E-state index in [1.165, 1.54) is 0 Å². The van der Waals surface area contributed by atoms with E-state index in [-0.39, 0.29) is 12.4 Å². The van der Waals surface area contributed by atoms with Gasteiger partial charge >= 0.3 is 5.97 Å². The van der Waals surface area contributed by atoms with E-state index < -0.39 is 0 Å². The van der Waals surface area contributed by atoms with Crippen LogP contribution in [0.5, 0.6) is 0 Å². The minimum absolute atomic E-state index is 0.157. The highest BCUT2D eigenvalue weighted by molar-refractivity contribution is 9.08. The Balaban J connectivity index is 3.15. The molecule has 1 rings (SSSR count). The average Bonchev–Trinajstić information content (AvgIpc) is 2.37. The van der Waals surface area contributed by atoms with Gasteiger partial charge in [0.1, 0.15) is 0 Å². The molecule has 0 aliphatic heterocycles. The van der Waals surface area contributed by atoms with Gasteiger partial charge in [-0.15, -0.1) is 0 Å². The Kier molecular flexibility index (Phi) is 5.87. The molecule has 1 aromatic rings. The first-order chi connectivity index (χ1) is 8.65. The standard InChI is InChI=1S/C14H16BrNO2/c1-3-11-5-10(8-15)6-12(13(11)9-16)7-14(17)18-4-2/h5-6H,3-4,7-8H2,1-2H3. The van der Waals surface area contributed by atoms with Gasteiger partial charge in [-0.05, 0) is 30.0 Å². The Labute approximate surface area is 116 Å². The number of alkyl halides is 1. The lowest BCUT2D eigenvalue weighted by molar-refractivity contribution is -0.142. The van der Waals surface area contributed by atoms with Crippen LogP contribution in [0.25, 0.3) is 0 Å². The summed E-state index contributed by atoms with van der Waals surface area (Å²) in [5.41, 5.74) is 3.42. The number of nitrogens with zero attached hydrogens (tertiary/aromatic N) is 1. The van der Waals surface area contributed by atoms with Crippen molar-refractivity contribution in [3.8, 4) is 6.07 Å². The predicted molar refractivity (Wildman–Crippen MR) is 73.5 cm³/mol. The van der Waals surface area contributed by atoms with E-state index in [0.717, 1.165) is 23.1 Å². The summed E-state index contributed by atoms with van der Waals surface area (Å²) in [4.78, 5) is 11.5. The van der Waals surface area contributed by atoms with Gasteiger partial charge < -0.3 is 4.74 Å². The lowest BCUT2D eigenvalue weighted by atomic mass is 9.95. The lowest BCUT2D eigenvalue weighted by Crippen LogP contribution is -2.10. The normalized spacial score (nSPS) is 9.89. The Morgan fingerprint density at radius 1 is 1.39 bits per heavy atom. The summed E-state index contributed by atoms with van der Waals surface area (Å²) in [5.74, 6) is -0.289. The molecule has 0 N–H and O–H groups in total. The molecule has 4 heteroatoms. The molecule has 0 spiro atoms.